The maximum atomic E-state index is 12.5. The van der Waals surface area contributed by atoms with Crippen molar-refractivity contribution in [3.63, 3.8) is 0 Å². The second-order valence-corrected chi connectivity index (χ2v) is 9.35. The van der Waals surface area contributed by atoms with Crippen molar-refractivity contribution in [2.75, 3.05) is 19.7 Å². The molecule has 0 bridgehead atoms. The molecule has 7 heteroatoms. The Hall–Kier alpha value is -1.73. The molecule has 1 saturated carbocycles. The van der Waals surface area contributed by atoms with E-state index >= 15 is 0 Å². The van der Waals surface area contributed by atoms with Gasteiger partial charge in [-0.25, -0.2) is 8.42 Å². The van der Waals surface area contributed by atoms with Crippen molar-refractivity contribution < 1.29 is 22.7 Å². The highest BCUT2D eigenvalue weighted by molar-refractivity contribution is 7.89. The third-order valence-corrected chi connectivity index (χ3v) is 7.39. The summed E-state index contributed by atoms with van der Waals surface area (Å²) in [7, 11) is -3.49. The van der Waals surface area contributed by atoms with Crippen LogP contribution in [0.5, 0.6) is 0 Å². The normalized spacial score (nSPS) is 18.7. The Labute approximate surface area is 160 Å². The topological polar surface area (TPSA) is 80.8 Å². The first-order chi connectivity index (χ1) is 13.0. The van der Waals surface area contributed by atoms with Gasteiger partial charge in [-0.2, -0.15) is 4.31 Å². The molecule has 0 unspecified atom stereocenters. The fraction of sp³-hybridized carbons (Fsp3) is 0.600. The number of sulfonamides is 1. The second-order valence-electron chi connectivity index (χ2n) is 7.41. The summed E-state index contributed by atoms with van der Waals surface area (Å²) in [5, 5.41) is 0. The van der Waals surface area contributed by atoms with Gasteiger partial charge in [0.15, 0.2) is 12.4 Å². The van der Waals surface area contributed by atoms with E-state index in [1.165, 1.54) is 54.3 Å². The molecule has 2 fully saturated rings. The van der Waals surface area contributed by atoms with Crippen molar-refractivity contribution >= 4 is 21.8 Å². The zero-order valence-electron chi connectivity index (χ0n) is 15.6. The number of ketones is 1. The van der Waals surface area contributed by atoms with Crippen LogP contribution in [0, 0.1) is 5.92 Å². The molecule has 1 heterocycles. The van der Waals surface area contributed by atoms with Crippen molar-refractivity contribution in [2.45, 2.75) is 56.3 Å². The highest BCUT2D eigenvalue weighted by atomic mass is 32.2. The first-order valence-electron chi connectivity index (χ1n) is 9.76. The number of benzene rings is 1. The Balaban J connectivity index is 1.49. The van der Waals surface area contributed by atoms with Crippen LogP contribution in [0.3, 0.4) is 0 Å². The van der Waals surface area contributed by atoms with Gasteiger partial charge in [-0.1, -0.05) is 25.7 Å². The average Bonchev–Trinajstić information content (AvgIpc) is 3.38. The molecule has 0 atom stereocenters. The van der Waals surface area contributed by atoms with E-state index in [1.807, 2.05) is 0 Å². The van der Waals surface area contributed by atoms with Crippen LogP contribution in [0.4, 0.5) is 0 Å². The van der Waals surface area contributed by atoms with E-state index in [9.17, 15) is 18.0 Å². The summed E-state index contributed by atoms with van der Waals surface area (Å²) in [4.78, 5) is 24.2. The van der Waals surface area contributed by atoms with E-state index in [4.69, 9.17) is 4.74 Å². The third-order valence-electron chi connectivity index (χ3n) is 5.47. The molecule has 0 amide bonds. The van der Waals surface area contributed by atoms with Crippen LogP contribution in [-0.4, -0.2) is 44.2 Å². The molecule has 0 aromatic heterocycles. The minimum atomic E-state index is -3.49. The van der Waals surface area contributed by atoms with Crippen LogP contribution in [0.1, 0.15) is 61.7 Å². The molecule has 1 aromatic rings. The van der Waals surface area contributed by atoms with E-state index in [0.29, 0.717) is 31.0 Å². The van der Waals surface area contributed by atoms with Gasteiger partial charge in [0.2, 0.25) is 10.0 Å². The monoisotopic (exact) mass is 393 g/mol. The number of nitrogens with zero attached hydrogens (tertiary/aromatic N) is 1. The lowest BCUT2D eigenvalue weighted by molar-refractivity contribution is -0.142. The first-order valence-corrected chi connectivity index (χ1v) is 11.2. The highest BCUT2D eigenvalue weighted by Gasteiger charge is 2.27. The first kappa shape index (κ1) is 20.0. The lowest BCUT2D eigenvalue weighted by atomic mass is 10.0. The van der Waals surface area contributed by atoms with E-state index < -0.39 is 10.0 Å². The fourth-order valence-electron chi connectivity index (χ4n) is 3.81. The highest BCUT2D eigenvalue weighted by Crippen LogP contribution is 2.28. The Morgan fingerprint density at radius 1 is 1.00 bits per heavy atom. The quantitative estimate of drug-likeness (QED) is 0.501. The number of carbonyl (C=O) groups is 2. The van der Waals surface area contributed by atoms with Crippen LogP contribution in [0.25, 0.3) is 0 Å². The molecule has 3 rings (SSSR count). The Kier molecular flexibility index (Phi) is 6.65. The molecule has 1 aliphatic carbocycles. The molecule has 1 aromatic carbocycles. The zero-order chi connectivity index (χ0) is 19.3. The molecule has 0 spiro atoms. The zero-order valence-corrected chi connectivity index (χ0v) is 16.4. The van der Waals surface area contributed by atoms with Gasteiger partial charge in [0, 0.05) is 25.1 Å². The molecular weight excluding hydrogens is 366 g/mol. The summed E-state index contributed by atoms with van der Waals surface area (Å²) < 4.78 is 31.5. The SMILES string of the molecule is O=C(CCC1CCCC1)OCC(=O)c1ccc(S(=O)(=O)N2CCCC2)cc1. The predicted molar refractivity (Wildman–Crippen MR) is 101 cm³/mol. The third kappa shape index (κ3) is 5.17. The maximum absolute atomic E-state index is 12.5. The lowest BCUT2D eigenvalue weighted by Gasteiger charge is -2.15. The van der Waals surface area contributed by atoms with Crippen molar-refractivity contribution in [1.29, 1.82) is 0 Å². The van der Waals surface area contributed by atoms with Crippen LogP contribution < -0.4 is 0 Å². The van der Waals surface area contributed by atoms with Gasteiger partial charge in [0.1, 0.15) is 0 Å². The predicted octanol–water partition coefficient (Wildman–Crippen LogP) is 3.17. The lowest BCUT2D eigenvalue weighted by Crippen LogP contribution is -2.27. The van der Waals surface area contributed by atoms with Crippen LogP contribution in [0.15, 0.2) is 29.2 Å². The number of carbonyl (C=O) groups excluding carboxylic acids is 2. The molecular formula is C20H27NO5S. The molecule has 1 aliphatic heterocycles. The Bertz CT molecular complexity index is 760. The van der Waals surface area contributed by atoms with Crippen molar-refractivity contribution in [2.24, 2.45) is 5.92 Å². The molecule has 0 N–H and O–H groups in total. The van der Waals surface area contributed by atoms with Gasteiger partial charge in [-0.05, 0) is 49.4 Å². The molecule has 1 saturated heterocycles. The maximum Gasteiger partial charge on any atom is 0.306 e. The van der Waals surface area contributed by atoms with Gasteiger partial charge >= 0.3 is 5.97 Å². The molecule has 0 radical (unpaired) electrons. The van der Waals surface area contributed by atoms with Gasteiger partial charge in [-0.3, -0.25) is 9.59 Å². The second kappa shape index (κ2) is 8.97. The smallest absolute Gasteiger partial charge is 0.306 e. The standard InChI is InChI=1S/C20H27NO5S/c22-19(15-26-20(23)12-7-16-5-1-2-6-16)17-8-10-18(11-9-17)27(24,25)21-13-3-4-14-21/h8-11,16H,1-7,12-15H2. The summed E-state index contributed by atoms with van der Waals surface area (Å²) >= 11 is 0. The molecule has 27 heavy (non-hydrogen) atoms. The average molecular weight is 394 g/mol. The summed E-state index contributed by atoms with van der Waals surface area (Å²) in [6, 6.07) is 5.86. The van der Waals surface area contributed by atoms with Crippen LogP contribution in [-0.2, 0) is 19.6 Å². The van der Waals surface area contributed by atoms with Gasteiger partial charge in [-0.15, -0.1) is 0 Å². The molecule has 2 aliphatic rings. The summed E-state index contributed by atoms with van der Waals surface area (Å²) in [6.45, 7) is 0.779. The Morgan fingerprint density at radius 2 is 1.63 bits per heavy atom. The van der Waals surface area contributed by atoms with E-state index in [-0.39, 0.29) is 23.3 Å². The number of Topliss-reactive ketones (excluding diaryl/α,β-unsaturated/α-hetero) is 1. The number of esters is 1. The van der Waals surface area contributed by atoms with Crippen molar-refractivity contribution in [3.05, 3.63) is 29.8 Å². The van der Waals surface area contributed by atoms with Gasteiger partial charge in [0.05, 0.1) is 4.90 Å². The number of hydrogen-bond acceptors (Lipinski definition) is 5. The number of rotatable bonds is 8. The van der Waals surface area contributed by atoms with E-state index in [1.54, 1.807) is 0 Å². The molecule has 148 valence electrons. The van der Waals surface area contributed by atoms with Gasteiger partial charge < -0.3 is 4.74 Å². The fourth-order valence-corrected chi connectivity index (χ4v) is 5.33. The van der Waals surface area contributed by atoms with Crippen molar-refractivity contribution in [3.8, 4) is 0 Å². The van der Waals surface area contributed by atoms with Crippen molar-refractivity contribution in [1.82, 2.24) is 4.31 Å². The summed E-state index contributed by atoms with van der Waals surface area (Å²) in [5.41, 5.74) is 0.346. The van der Waals surface area contributed by atoms with Crippen LogP contribution >= 0.6 is 0 Å². The summed E-state index contributed by atoms with van der Waals surface area (Å²) in [6.07, 6.45) is 7.77. The van der Waals surface area contributed by atoms with E-state index in [0.717, 1.165) is 19.3 Å². The van der Waals surface area contributed by atoms with Gasteiger partial charge in [0.25, 0.3) is 0 Å². The minimum Gasteiger partial charge on any atom is -0.457 e. The van der Waals surface area contributed by atoms with Crippen LogP contribution in [0.2, 0.25) is 0 Å². The largest absolute Gasteiger partial charge is 0.457 e. The molecule has 6 nitrogen and oxygen atoms in total. The number of ether oxygens (including phenoxy) is 1. The Morgan fingerprint density at radius 3 is 2.26 bits per heavy atom. The number of hydrogen-bond donors (Lipinski definition) is 0. The summed E-state index contributed by atoms with van der Waals surface area (Å²) in [5.74, 6) is -0.0591. The minimum absolute atomic E-state index is 0.189. The van der Waals surface area contributed by atoms with E-state index in [2.05, 4.69) is 0 Å².